The lowest BCUT2D eigenvalue weighted by molar-refractivity contribution is -0.132. The number of aromatic hydroxyl groups is 1. The van der Waals surface area contributed by atoms with Crippen LogP contribution < -0.4 is 0 Å². The van der Waals surface area contributed by atoms with Crippen molar-refractivity contribution in [1.29, 1.82) is 0 Å². The normalized spacial score (nSPS) is 11.1. The summed E-state index contributed by atoms with van der Waals surface area (Å²) in [5, 5.41) is 25.9. The Bertz CT molecular complexity index is 396. The van der Waals surface area contributed by atoms with Gasteiger partial charge >= 0.3 is 13.3 Å². The Kier molecular flexibility index (Phi) is 4.10. The minimum atomic E-state index is -2.12. The van der Waals surface area contributed by atoms with Crippen molar-refractivity contribution < 1.29 is 24.6 Å². The minimum Gasteiger partial charge on any atom is -0.508 e. The highest BCUT2D eigenvalue weighted by Gasteiger charge is 2.16. The van der Waals surface area contributed by atoms with E-state index in [0.717, 1.165) is 0 Å². The average Bonchev–Trinajstić information content (AvgIpc) is 2.20. The largest absolute Gasteiger partial charge is 0.709 e. The van der Waals surface area contributed by atoms with Crippen LogP contribution >= 0.6 is 0 Å². The molecular weight excluding hydrogens is 211 g/mol. The number of benzene rings is 1. The minimum absolute atomic E-state index is 0.128. The van der Waals surface area contributed by atoms with Crippen molar-refractivity contribution in [2.24, 2.45) is 0 Å². The van der Waals surface area contributed by atoms with E-state index in [4.69, 9.17) is 15.2 Å². The molecule has 1 rings (SSSR count). The standard InChI is InChI=1S/C10H11BO5/c1-7(10(13)16-11(14)15)6-8-2-4-9(12)5-3-8/h2-6,12,14-15H,1H3. The van der Waals surface area contributed by atoms with Crippen LogP contribution in [0.4, 0.5) is 0 Å². The molecule has 0 aliphatic rings. The molecule has 0 aliphatic heterocycles. The second-order valence-corrected chi connectivity index (χ2v) is 3.15. The van der Waals surface area contributed by atoms with Crippen LogP contribution in [0.5, 0.6) is 5.75 Å². The molecule has 84 valence electrons. The summed E-state index contributed by atoms with van der Waals surface area (Å²) in [7, 11) is -2.12. The van der Waals surface area contributed by atoms with E-state index in [1.54, 1.807) is 12.1 Å². The summed E-state index contributed by atoms with van der Waals surface area (Å²) >= 11 is 0. The first-order valence-electron chi connectivity index (χ1n) is 4.53. The molecular formula is C10H11BO5. The first-order chi connectivity index (χ1) is 7.49. The molecule has 0 aliphatic carbocycles. The third kappa shape index (κ3) is 3.76. The van der Waals surface area contributed by atoms with Crippen LogP contribution in [0.2, 0.25) is 0 Å². The number of hydrogen-bond acceptors (Lipinski definition) is 5. The van der Waals surface area contributed by atoms with Crippen molar-refractivity contribution in [3.8, 4) is 5.75 Å². The maximum atomic E-state index is 11.2. The zero-order valence-corrected chi connectivity index (χ0v) is 8.62. The first kappa shape index (κ1) is 12.3. The summed E-state index contributed by atoms with van der Waals surface area (Å²) < 4.78 is 4.16. The van der Waals surface area contributed by atoms with E-state index < -0.39 is 13.3 Å². The van der Waals surface area contributed by atoms with Gasteiger partial charge in [-0.15, -0.1) is 0 Å². The van der Waals surface area contributed by atoms with Gasteiger partial charge in [0.25, 0.3) is 0 Å². The lowest BCUT2D eigenvalue weighted by atomic mass is 10.1. The maximum Gasteiger partial charge on any atom is 0.709 e. The Hall–Kier alpha value is -1.79. The zero-order valence-electron chi connectivity index (χ0n) is 8.62. The molecule has 6 heteroatoms. The van der Waals surface area contributed by atoms with Gasteiger partial charge in [-0.25, -0.2) is 4.79 Å². The molecule has 0 heterocycles. The van der Waals surface area contributed by atoms with Crippen LogP contribution in [0.15, 0.2) is 29.8 Å². The predicted octanol–water partition coefficient (Wildman–Crippen LogP) is 0.308. The summed E-state index contributed by atoms with van der Waals surface area (Å²) in [5.74, 6) is -0.689. The Morgan fingerprint density at radius 1 is 1.31 bits per heavy atom. The molecule has 1 aromatic rings. The summed E-state index contributed by atoms with van der Waals surface area (Å²) in [6.07, 6.45) is 1.50. The SMILES string of the molecule is CC(=Cc1ccc(O)cc1)C(=O)OB(O)O. The van der Waals surface area contributed by atoms with Crippen molar-refractivity contribution in [2.45, 2.75) is 6.92 Å². The van der Waals surface area contributed by atoms with Gasteiger partial charge in [0.05, 0.1) is 0 Å². The van der Waals surface area contributed by atoms with E-state index in [2.05, 4.69) is 4.65 Å². The third-order valence-corrected chi connectivity index (χ3v) is 1.81. The van der Waals surface area contributed by atoms with Crippen LogP contribution in [0.25, 0.3) is 6.08 Å². The van der Waals surface area contributed by atoms with E-state index in [0.29, 0.717) is 5.56 Å². The number of phenols is 1. The zero-order chi connectivity index (χ0) is 12.1. The molecule has 0 bridgehead atoms. The van der Waals surface area contributed by atoms with Crippen LogP contribution in [0.1, 0.15) is 12.5 Å². The molecule has 0 fully saturated rings. The monoisotopic (exact) mass is 222 g/mol. The van der Waals surface area contributed by atoms with Crippen LogP contribution in [0, 0.1) is 0 Å². The highest BCUT2D eigenvalue weighted by atomic mass is 16.6. The molecule has 0 radical (unpaired) electrons. The first-order valence-corrected chi connectivity index (χ1v) is 4.53. The van der Waals surface area contributed by atoms with Gasteiger partial charge in [0.1, 0.15) is 5.75 Å². The van der Waals surface area contributed by atoms with Gasteiger partial charge in [0, 0.05) is 5.57 Å². The molecule has 3 N–H and O–H groups in total. The quantitative estimate of drug-likeness (QED) is 0.506. The molecule has 0 amide bonds. The second-order valence-electron chi connectivity index (χ2n) is 3.15. The van der Waals surface area contributed by atoms with Gasteiger partial charge in [-0.05, 0) is 30.7 Å². The summed E-state index contributed by atoms with van der Waals surface area (Å²) in [5.41, 5.74) is 0.915. The van der Waals surface area contributed by atoms with E-state index in [1.165, 1.54) is 25.1 Å². The van der Waals surface area contributed by atoms with Crippen molar-refractivity contribution in [2.75, 3.05) is 0 Å². The van der Waals surface area contributed by atoms with Gasteiger partial charge in [-0.2, -0.15) is 0 Å². The summed E-state index contributed by atoms with van der Waals surface area (Å²) in [4.78, 5) is 11.2. The smallest absolute Gasteiger partial charge is 0.508 e. The lowest BCUT2D eigenvalue weighted by Gasteiger charge is -2.03. The van der Waals surface area contributed by atoms with Crippen molar-refractivity contribution in [3.63, 3.8) is 0 Å². The number of phenolic OH excluding ortho intramolecular Hbond substituents is 1. The van der Waals surface area contributed by atoms with Gasteiger partial charge in [0.15, 0.2) is 0 Å². The van der Waals surface area contributed by atoms with E-state index in [9.17, 15) is 4.79 Å². The van der Waals surface area contributed by atoms with E-state index >= 15 is 0 Å². The second kappa shape index (κ2) is 5.34. The molecule has 5 nitrogen and oxygen atoms in total. The number of hydrogen-bond donors (Lipinski definition) is 3. The Morgan fingerprint density at radius 3 is 2.38 bits per heavy atom. The van der Waals surface area contributed by atoms with Crippen LogP contribution in [-0.4, -0.2) is 28.4 Å². The summed E-state index contributed by atoms with van der Waals surface area (Å²) in [6.45, 7) is 1.48. The van der Waals surface area contributed by atoms with Gasteiger partial charge in [0.2, 0.25) is 0 Å². The number of rotatable bonds is 3. The fraction of sp³-hybridized carbons (Fsp3) is 0.100. The van der Waals surface area contributed by atoms with Gasteiger partial charge in [-0.3, -0.25) is 0 Å². The maximum absolute atomic E-state index is 11.2. The average molecular weight is 222 g/mol. The Balaban J connectivity index is 2.76. The molecule has 0 spiro atoms. The van der Waals surface area contributed by atoms with Crippen molar-refractivity contribution >= 4 is 19.4 Å². The lowest BCUT2D eigenvalue weighted by Crippen LogP contribution is -2.22. The molecule has 0 saturated heterocycles. The van der Waals surface area contributed by atoms with E-state index in [1.807, 2.05) is 0 Å². The Morgan fingerprint density at radius 2 is 1.88 bits per heavy atom. The molecule has 16 heavy (non-hydrogen) atoms. The fourth-order valence-corrected chi connectivity index (χ4v) is 1.07. The van der Waals surface area contributed by atoms with Gasteiger partial charge in [-0.1, -0.05) is 12.1 Å². The fourth-order valence-electron chi connectivity index (χ4n) is 1.07. The highest BCUT2D eigenvalue weighted by molar-refractivity contribution is 6.36. The third-order valence-electron chi connectivity index (χ3n) is 1.81. The van der Waals surface area contributed by atoms with Gasteiger partial charge < -0.3 is 19.8 Å². The molecule has 0 aromatic heterocycles. The summed E-state index contributed by atoms with van der Waals surface area (Å²) in [6, 6.07) is 6.18. The molecule has 0 saturated carbocycles. The number of carbonyl (C=O) groups is 1. The van der Waals surface area contributed by atoms with Crippen LogP contribution in [-0.2, 0) is 9.45 Å². The van der Waals surface area contributed by atoms with E-state index in [-0.39, 0.29) is 11.3 Å². The predicted molar refractivity (Wildman–Crippen MR) is 58.0 cm³/mol. The molecule has 0 unspecified atom stereocenters. The van der Waals surface area contributed by atoms with Crippen molar-refractivity contribution in [1.82, 2.24) is 0 Å². The highest BCUT2D eigenvalue weighted by Crippen LogP contribution is 2.13. The number of carbonyl (C=O) groups excluding carboxylic acids is 1. The molecule has 0 atom stereocenters. The van der Waals surface area contributed by atoms with Crippen molar-refractivity contribution in [3.05, 3.63) is 35.4 Å². The molecule has 1 aromatic carbocycles. The topological polar surface area (TPSA) is 87.0 Å². The Labute approximate surface area is 92.8 Å². The van der Waals surface area contributed by atoms with Crippen LogP contribution in [0.3, 0.4) is 0 Å².